The van der Waals surface area contributed by atoms with E-state index < -0.39 is 17.5 Å². The number of phenolic OH excluding ortho intramolecular Hbond substituents is 2. The van der Waals surface area contributed by atoms with Crippen LogP contribution in [0, 0.1) is 0 Å². The Morgan fingerprint density at radius 2 is 1.20 bits per heavy atom. The molecule has 3 aromatic rings. The maximum atomic E-state index is 13.4. The van der Waals surface area contributed by atoms with Gasteiger partial charge in [0.15, 0.2) is 5.60 Å². The number of phenols is 2. The number of carboxylic acids is 1. The smallest absolute Gasteiger partial charge is 0.340 e. The Morgan fingerprint density at radius 3 is 1.57 bits per heavy atom. The summed E-state index contributed by atoms with van der Waals surface area (Å²) in [7, 11) is 0. The number of aromatic carboxylic acids is 1. The van der Waals surface area contributed by atoms with E-state index in [9.17, 15) is 24.9 Å². The van der Waals surface area contributed by atoms with Gasteiger partial charge in [-0.05, 0) is 90.4 Å². The summed E-state index contributed by atoms with van der Waals surface area (Å²) in [5, 5.41) is 30.7. The maximum Gasteiger partial charge on any atom is 0.340 e. The molecule has 0 saturated carbocycles. The fourth-order valence-corrected chi connectivity index (χ4v) is 5.41. The molecule has 0 aromatic heterocycles. The molecule has 0 spiro atoms. The molecule has 0 amide bonds. The lowest BCUT2D eigenvalue weighted by Gasteiger charge is -2.37. The van der Waals surface area contributed by atoms with Crippen LogP contribution in [-0.4, -0.2) is 27.3 Å². The van der Waals surface area contributed by atoms with Gasteiger partial charge in [-0.3, -0.25) is 0 Å². The molecule has 1 aliphatic rings. The fourth-order valence-electron chi connectivity index (χ4n) is 5.41. The Bertz CT molecular complexity index is 1230. The Balaban J connectivity index is 2.28. The highest BCUT2D eigenvalue weighted by Gasteiger charge is 2.52. The van der Waals surface area contributed by atoms with Crippen molar-refractivity contribution in [2.75, 3.05) is 0 Å². The molecule has 182 valence electrons. The molecule has 0 unspecified atom stereocenters. The number of benzene rings is 3. The summed E-state index contributed by atoms with van der Waals surface area (Å²) in [6.07, 6.45) is 2.24. The zero-order valence-corrected chi connectivity index (χ0v) is 20.4. The Labute approximate surface area is 204 Å². The number of cyclic esters (lactones) is 1. The number of hydrogen-bond donors (Lipinski definition) is 3. The lowest BCUT2D eigenvalue weighted by Crippen LogP contribution is -2.35. The van der Waals surface area contributed by atoms with Crippen molar-refractivity contribution in [2.45, 2.75) is 59.0 Å². The minimum Gasteiger partial charge on any atom is -0.508 e. The Morgan fingerprint density at radius 1 is 0.771 bits per heavy atom. The Hall–Kier alpha value is -3.80. The highest BCUT2D eigenvalue weighted by molar-refractivity contribution is 5.99. The van der Waals surface area contributed by atoms with E-state index >= 15 is 0 Å². The molecule has 0 radical (unpaired) electrons. The van der Waals surface area contributed by atoms with Crippen molar-refractivity contribution in [3.63, 3.8) is 0 Å². The third-order valence-electron chi connectivity index (χ3n) is 6.91. The van der Waals surface area contributed by atoms with Crippen molar-refractivity contribution in [1.82, 2.24) is 0 Å². The van der Waals surface area contributed by atoms with Gasteiger partial charge in [0.05, 0.1) is 11.1 Å². The van der Waals surface area contributed by atoms with Gasteiger partial charge in [-0.25, -0.2) is 9.59 Å². The highest BCUT2D eigenvalue weighted by Crippen LogP contribution is 2.53. The summed E-state index contributed by atoms with van der Waals surface area (Å²) in [5.74, 6) is -1.39. The molecule has 6 heteroatoms. The normalized spacial score (nSPS) is 14.0. The van der Waals surface area contributed by atoms with Crippen molar-refractivity contribution in [1.29, 1.82) is 0 Å². The van der Waals surface area contributed by atoms with Crippen LogP contribution in [0.1, 0.15) is 87.4 Å². The quantitative estimate of drug-likeness (QED) is 0.390. The molecule has 35 heavy (non-hydrogen) atoms. The van der Waals surface area contributed by atoms with E-state index in [1.807, 2.05) is 27.7 Å². The monoisotopic (exact) mass is 474 g/mol. The summed E-state index contributed by atoms with van der Waals surface area (Å²) in [5.41, 5.74) is 4.11. The average Bonchev–Trinajstić information content (AvgIpc) is 3.14. The van der Waals surface area contributed by atoms with E-state index in [1.165, 1.54) is 18.2 Å². The Kier molecular flexibility index (Phi) is 6.32. The van der Waals surface area contributed by atoms with Crippen molar-refractivity contribution in [3.05, 3.63) is 92.5 Å². The van der Waals surface area contributed by atoms with Crippen molar-refractivity contribution in [2.24, 2.45) is 0 Å². The molecular formula is C29H30O6. The van der Waals surface area contributed by atoms with Gasteiger partial charge in [-0.2, -0.15) is 0 Å². The van der Waals surface area contributed by atoms with Crippen molar-refractivity contribution in [3.8, 4) is 11.5 Å². The summed E-state index contributed by atoms with van der Waals surface area (Å²) in [4.78, 5) is 25.3. The van der Waals surface area contributed by atoms with Crippen LogP contribution in [0.5, 0.6) is 11.5 Å². The van der Waals surface area contributed by atoms with Crippen LogP contribution in [-0.2, 0) is 36.0 Å². The predicted octanol–water partition coefficient (Wildman–Crippen LogP) is 5.51. The topological polar surface area (TPSA) is 104 Å². The van der Waals surface area contributed by atoms with Gasteiger partial charge in [-0.15, -0.1) is 0 Å². The highest BCUT2D eigenvalue weighted by atomic mass is 16.6. The summed E-state index contributed by atoms with van der Waals surface area (Å²) in [6, 6.07) is 11.2. The first-order valence-electron chi connectivity index (χ1n) is 12.0. The molecule has 3 N–H and O–H groups in total. The van der Waals surface area contributed by atoms with Gasteiger partial charge in [0.1, 0.15) is 11.5 Å². The van der Waals surface area contributed by atoms with E-state index in [4.69, 9.17) is 4.74 Å². The second-order valence-corrected chi connectivity index (χ2v) is 8.83. The molecule has 1 heterocycles. The second-order valence-electron chi connectivity index (χ2n) is 8.83. The zero-order chi connectivity index (χ0) is 25.5. The molecular weight excluding hydrogens is 444 g/mol. The molecule has 0 saturated heterocycles. The number of esters is 1. The third kappa shape index (κ3) is 3.73. The molecule has 6 nitrogen and oxygen atoms in total. The van der Waals surface area contributed by atoms with Crippen LogP contribution in [0.15, 0.2) is 42.5 Å². The van der Waals surface area contributed by atoms with Gasteiger partial charge >= 0.3 is 11.9 Å². The number of rotatable bonds is 7. The minimum atomic E-state index is -1.42. The number of fused-ring (bicyclic) bond motifs is 1. The fraction of sp³-hybridized carbons (Fsp3) is 0.310. The molecule has 0 atom stereocenters. The molecule has 0 fully saturated rings. The number of hydrogen-bond acceptors (Lipinski definition) is 5. The number of carbonyl (C=O) groups excluding carboxylic acids is 1. The van der Waals surface area contributed by atoms with Crippen molar-refractivity contribution < 1.29 is 29.6 Å². The standard InChI is InChI=1S/C29H30O6/c1-5-16-11-21(30)12-17(6-2)25(16)29(26-18(7-3)13-22(31)14-19(26)8-4)24-15-20(27(32)33)9-10-23(24)28(34)35-29/h9-15,30-31H,5-8H2,1-4H3,(H,32,33). The van der Waals surface area contributed by atoms with E-state index in [0.29, 0.717) is 36.8 Å². The van der Waals surface area contributed by atoms with Crippen LogP contribution in [0.3, 0.4) is 0 Å². The molecule has 0 aliphatic carbocycles. The van der Waals surface area contributed by atoms with Crippen LogP contribution in [0.25, 0.3) is 0 Å². The first kappa shape index (κ1) is 24.3. The van der Waals surface area contributed by atoms with Gasteiger partial charge in [-0.1, -0.05) is 27.7 Å². The first-order valence-corrected chi connectivity index (χ1v) is 12.0. The van der Waals surface area contributed by atoms with E-state index in [-0.39, 0.29) is 17.1 Å². The number of aryl methyl sites for hydroxylation is 4. The zero-order valence-electron chi connectivity index (χ0n) is 20.4. The predicted molar refractivity (Wildman–Crippen MR) is 132 cm³/mol. The number of carboxylic acid groups (broad SMARTS) is 1. The second kappa shape index (κ2) is 9.10. The third-order valence-corrected chi connectivity index (χ3v) is 6.91. The number of ether oxygens (including phenoxy) is 1. The lowest BCUT2D eigenvalue weighted by molar-refractivity contribution is 0.0242. The minimum absolute atomic E-state index is 0.0520. The molecule has 4 rings (SSSR count). The van der Waals surface area contributed by atoms with Crippen molar-refractivity contribution >= 4 is 11.9 Å². The van der Waals surface area contributed by atoms with Crippen LogP contribution >= 0.6 is 0 Å². The SMILES string of the molecule is CCc1cc(O)cc(CC)c1C1(c2c(CC)cc(O)cc2CC)OC(=O)c2ccc(C(=O)O)cc21. The first-order chi connectivity index (χ1) is 16.7. The number of aromatic hydroxyl groups is 2. The van der Waals surface area contributed by atoms with Crippen LogP contribution in [0.2, 0.25) is 0 Å². The van der Waals surface area contributed by atoms with E-state index in [0.717, 1.165) is 33.4 Å². The van der Waals surface area contributed by atoms with Gasteiger partial charge < -0.3 is 20.1 Å². The number of carbonyl (C=O) groups is 2. The van der Waals surface area contributed by atoms with Crippen LogP contribution < -0.4 is 0 Å². The van der Waals surface area contributed by atoms with Gasteiger partial charge in [0.2, 0.25) is 0 Å². The summed E-state index contributed by atoms with van der Waals surface area (Å²) < 4.78 is 6.38. The average molecular weight is 475 g/mol. The van der Waals surface area contributed by atoms with Crippen LogP contribution in [0.4, 0.5) is 0 Å². The van der Waals surface area contributed by atoms with Gasteiger partial charge in [0.25, 0.3) is 0 Å². The van der Waals surface area contributed by atoms with E-state index in [2.05, 4.69) is 0 Å². The lowest BCUT2D eigenvalue weighted by atomic mass is 9.71. The summed E-state index contributed by atoms with van der Waals surface area (Å²) in [6.45, 7) is 7.87. The molecule has 0 bridgehead atoms. The molecule has 3 aromatic carbocycles. The summed E-state index contributed by atoms with van der Waals surface area (Å²) >= 11 is 0. The maximum absolute atomic E-state index is 13.4. The van der Waals surface area contributed by atoms with Gasteiger partial charge in [0, 0.05) is 16.7 Å². The largest absolute Gasteiger partial charge is 0.508 e. The molecule has 1 aliphatic heterocycles. The van der Waals surface area contributed by atoms with E-state index in [1.54, 1.807) is 24.3 Å².